The summed E-state index contributed by atoms with van der Waals surface area (Å²) in [6, 6.07) is 0. The second-order valence-corrected chi connectivity index (χ2v) is 5.68. The molecule has 0 atom stereocenters. The van der Waals surface area contributed by atoms with E-state index in [1.165, 1.54) is 4.90 Å². The number of hydrogen-bond acceptors (Lipinski definition) is 2. The van der Waals surface area contributed by atoms with Gasteiger partial charge in [0.15, 0.2) is 0 Å². The lowest BCUT2D eigenvalue weighted by molar-refractivity contribution is -0.145. The molecule has 0 bridgehead atoms. The molecule has 0 aromatic rings. The van der Waals surface area contributed by atoms with Crippen molar-refractivity contribution in [2.24, 2.45) is 0 Å². The second-order valence-electron chi connectivity index (χ2n) is 5.68. The van der Waals surface area contributed by atoms with E-state index in [1.54, 1.807) is 0 Å². The first-order chi connectivity index (χ1) is 8.03. The Kier molecular flexibility index (Phi) is 6.92. The van der Waals surface area contributed by atoms with Gasteiger partial charge in [-0.15, -0.1) is 0 Å². The molecule has 0 aliphatic rings. The molecule has 18 heavy (non-hydrogen) atoms. The minimum atomic E-state index is -4.15. The fraction of sp³-hybridized carbons (Fsp3) is 0.846. The highest BCUT2D eigenvalue weighted by molar-refractivity contribution is 5.01. The summed E-state index contributed by atoms with van der Waals surface area (Å²) in [6.07, 6.45) is -3.44. The number of nitrogens with zero attached hydrogens (tertiary/aromatic N) is 1. The van der Waals surface area contributed by atoms with Crippen LogP contribution in [0.2, 0.25) is 0 Å². The third-order valence-electron chi connectivity index (χ3n) is 2.26. The van der Waals surface area contributed by atoms with Crippen molar-refractivity contribution in [3.63, 3.8) is 0 Å². The summed E-state index contributed by atoms with van der Waals surface area (Å²) in [5.74, 6) is 0. The summed E-state index contributed by atoms with van der Waals surface area (Å²) < 4.78 is 37.1. The van der Waals surface area contributed by atoms with Gasteiger partial charge < -0.3 is 5.32 Å². The Labute approximate surface area is 108 Å². The second kappa shape index (κ2) is 7.14. The normalized spacial score (nSPS) is 13.1. The standard InChI is InChI=1S/C13H25F3N2/c1-6-7-18(10-13(14,15)16)9-11(2)8-17-12(3,4)5/h17H,2,6-10H2,1,3-5H3. The summed E-state index contributed by atoms with van der Waals surface area (Å²) in [7, 11) is 0. The molecule has 0 unspecified atom stereocenters. The quantitative estimate of drug-likeness (QED) is 0.712. The van der Waals surface area contributed by atoms with E-state index in [1.807, 2.05) is 27.7 Å². The molecule has 0 heterocycles. The third kappa shape index (κ3) is 10.6. The van der Waals surface area contributed by atoms with Crippen LogP contribution in [-0.2, 0) is 0 Å². The lowest BCUT2D eigenvalue weighted by Gasteiger charge is -2.26. The third-order valence-corrected chi connectivity index (χ3v) is 2.26. The van der Waals surface area contributed by atoms with Crippen molar-refractivity contribution < 1.29 is 13.2 Å². The van der Waals surface area contributed by atoms with E-state index in [2.05, 4.69) is 11.9 Å². The molecule has 0 radical (unpaired) electrons. The first-order valence-corrected chi connectivity index (χ1v) is 6.24. The molecule has 0 aromatic heterocycles. The highest BCUT2D eigenvalue weighted by atomic mass is 19.4. The zero-order valence-corrected chi connectivity index (χ0v) is 11.8. The summed E-state index contributed by atoms with van der Waals surface area (Å²) in [5, 5.41) is 3.22. The van der Waals surface area contributed by atoms with Crippen LogP contribution in [0, 0.1) is 0 Å². The topological polar surface area (TPSA) is 15.3 Å². The van der Waals surface area contributed by atoms with E-state index in [-0.39, 0.29) is 12.1 Å². The fourth-order valence-corrected chi connectivity index (χ4v) is 1.55. The van der Waals surface area contributed by atoms with Crippen LogP contribution in [0.1, 0.15) is 34.1 Å². The molecule has 0 saturated heterocycles. The number of alkyl halides is 3. The van der Waals surface area contributed by atoms with Crippen LogP contribution < -0.4 is 5.32 Å². The molecule has 0 rings (SSSR count). The maximum absolute atomic E-state index is 12.4. The van der Waals surface area contributed by atoms with Crippen molar-refractivity contribution in [3.8, 4) is 0 Å². The van der Waals surface area contributed by atoms with Gasteiger partial charge in [-0.1, -0.05) is 13.5 Å². The maximum atomic E-state index is 12.4. The molecule has 2 nitrogen and oxygen atoms in total. The van der Waals surface area contributed by atoms with Gasteiger partial charge in [0.25, 0.3) is 0 Å². The van der Waals surface area contributed by atoms with Gasteiger partial charge in [0, 0.05) is 18.6 Å². The number of rotatable bonds is 7. The van der Waals surface area contributed by atoms with Crippen molar-refractivity contribution >= 4 is 0 Å². The number of nitrogens with one attached hydrogen (secondary N) is 1. The molecule has 0 saturated carbocycles. The Bertz CT molecular complexity index is 254. The fourth-order valence-electron chi connectivity index (χ4n) is 1.55. The average Bonchev–Trinajstić information content (AvgIpc) is 2.11. The molecule has 0 aromatic carbocycles. The Morgan fingerprint density at radius 3 is 2.17 bits per heavy atom. The minimum absolute atomic E-state index is 0.0530. The lowest BCUT2D eigenvalue weighted by atomic mass is 10.1. The van der Waals surface area contributed by atoms with Gasteiger partial charge in [-0.05, 0) is 39.3 Å². The number of hydrogen-bond donors (Lipinski definition) is 1. The van der Waals surface area contributed by atoms with E-state index in [9.17, 15) is 13.2 Å². The van der Waals surface area contributed by atoms with Gasteiger partial charge in [0.05, 0.1) is 6.54 Å². The first-order valence-electron chi connectivity index (χ1n) is 6.24. The zero-order chi connectivity index (χ0) is 14.4. The monoisotopic (exact) mass is 266 g/mol. The van der Waals surface area contributed by atoms with Crippen LogP contribution >= 0.6 is 0 Å². The van der Waals surface area contributed by atoms with Gasteiger partial charge >= 0.3 is 6.18 Å². The van der Waals surface area contributed by atoms with E-state index < -0.39 is 12.7 Å². The van der Waals surface area contributed by atoms with Crippen LogP contribution in [0.3, 0.4) is 0 Å². The predicted molar refractivity (Wildman–Crippen MR) is 69.7 cm³/mol. The molecular weight excluding hydrogens is 241 g/mol. The molecule has 0 amide bonds. The highest BCUT2D eigenvalue weighted by Crippen LogP contribution is 2.17. The predicted octanol–water partition coefficient (Wildman–Crippen LogP) is 3.21. The van der Waals surface area contributed by atoms with Gasteiger partial charge in [-0.2, -0.15) is 13.2 Å². The van der Waals surface area contributed by atoms with E-state index >= 15 is 0 Å². The van der Waals surface area contributed by atoms with Crippen LogP contribution in [0.5, 0.6) is 0 Å². The Morgan fingerprint density at radius 2 is 1.78 bits per heavy atom. The molecule has 5 heteroatoms. The molecule has 0 aliphatic heterocycles. The molecule has 108 valence electrons. The minimum Gasteiger partial charge on any atom is -0.308 e. The number of halogens is 3. The molecule has 1 N–H and O–H groups in total. The summed E-state index contributed by atoms with van der Waals surface area (Å²) in [4.78, 5) is 1.40. The molecule has 0 aliphatic carbocycles. The van der Waals surface area contributed by atoms with Crippen LogP contribution in [0.4, 0.5) is 13.2 Å². The molecule has 0 spiro atoms. The van der Waals surface area contributed by atoms with Gasteiger partial charge in [-0.25, -0.2) is 0 Å². The Balaban J connectivity index is 4.20. The summed E-state index contributed by atoms with van der Waals surface area (Å²) in [6.45, 7) is 12.2. The van der Waals surface area contributed by atoms with Crippen molar-refractivity contribution in [2.45, 2.75) is 45.8 Å². The maximum Gasteiger partial charge on any atom is 0.401 e. The SMILES string of the molecule is C=C(CNC(C)(C)C)CN(CCC)CC(F)(F)F. The van der Waals surface area contributed by atoms with Gasteiger partial charge in [-0.3, -0.25) is 4.90 Å². The van der Waals surface area contributed by atoms with Crippen molar-refractivity contribution in [1.29, 1.82) is 0 Å². The van der Waals surface area contributed by atoms with Gasteiger partial charge in [0.2, 0.25) is 0 Å². The van der Waals surface area contributed by atoms with E-state index in [0.29, 0.717) is 19.5 Å². The summed E-state index contributed by atoms with van der Waals surface area (Å²) in [5.41, 5.74) is 0.727. The zero-order valence-electron chi connectivity index (χ0n) is 11.8. The Hall–Kier alpha value is -0.550. The molecule has 0 fully saturated rings. The van der Waals surface area contributed by atoms with Crippen molar-refractivity contribution in [2.75, 3.05) is 26.2 Å². The van der Waals surface area contributed by atoms with Gasteiger partial charge in [0.1, 0.15) is 0 Å². The Morgan fingerprint density at radius 1 is 1.22 bits per heavy atom. The smallest absolute Gasteiger partial charge is 0.308 e. The van der Waals surface area contributed by atoms with Crippen LogP contribution in [-0.4, -0.2) is 42.8 Å². The largest absolute Gasteiger partial charge is 0.401 e. The van der Waals surface area contributed by atoms with Crippen molar-refractivity contribution in [1.82, 2.24) is 10.2 Å². The van der Waals surface area contributed by atoms with Crippen LogP contribution in [0.25, 0.3) is 0 Å². The van der Waals surface area contributed by atoms with E-state index in [4.69, 9.17) is 0 Å². The van der Waals surface area contributed by atoms with Crippen molar-refractivity contribution in [3.05, 3.63) is 12.2 Å². The first kappa shape index (κ1) is 17.4. The highest BCUT2D eigenvalue weighted by Gasteiger charge is 2.30. The molecular formula is C13H25F3N2. The van der Waals surface area contributed by atoms with Crippen LogP contribution in [0.15, 0.2) is 12.2 Å². The lowest BCUT2D eigenvalue weighted by Crippen LogP contribution is -2.40. The van der Waals surface area contributed by atoms with E-state index in [0.717, 1.165) is 5.57 Å². The summed E-state index contributed by atoms with van der Waals surface area (Å²) >= 11 is 0. The average molecular weight is 266 g/mol.